The SMILES string of the molecule is CC(C)c1cncc(OC2CN(c3c(C(=O)Nc4ccnnc4)cnn3C)C2)c1. The molecule has 3 aromatic heterocycles. The summed E-state index contributed by atoms with van der Waals surface area (Å²) in [5.41, 5.74) is 2.24. The van der Waals surface area contributed by atoms with E-state index in [0.717, 1.165) is 17.1 Å². The number of nitrogens with one attached hydrogen (secondary N) is 1. The lowest BCUT2D eigenvalue weighted by Crippen LogP contribution is -2.55. The van der Waals surface area contributed by atoms with E-state index < -0.39 is 0 Å². The molecule has 9 nitrogen and oxygen atoms in total. The molecule has 0 aliphatic carbocycles. The third-order valence-corrected chi connectivity index (χ3v) is 4.85. The van der Waals surface area contributed by atoms with Crippen LogP contribution in [-0.2, 0) is 7.05 Å². The molecule has 150 valence electrons. The average Bonchev–Trinajstić information content (AvgIpc) is 3.06. The van der Waals surface area contributed by atoms with Crippen molar-refractivity contribution in [1.82, 2.24) is 25.0 Å². The molecular weight excluding hydrogens is 370 g/mol. The van der Waals surface area contributed by atoms with Crippen molar-refractivity contribution >= 4 is 17.4 Å². The zero-order valence-electron chi connectivity index (χ0n) is 16.6. The molecule has 3 aromatic rings. The molecule has 4 rings (SSSR count). The molecule has 0 atom stereocenters. The zero-order valence-corrected chi connectivity index (χ0v) is 16.6. The van der Waals surface area contributed by atoms with Crippen LogP contribution in [0.25, 0.3) is 0 Å². The first-order valence-electron chi connectivity index (χ1n) is 9.48. The van der Waals surface area contributed by atoms with Gasteiger partial charge in [0.2, 0.25) is 0 Å². The second-order valence-electron chi connectivity index (χ2n) is 7.34. The van der Waals surface area contributed by atoms with Crippen LogP contribution in [0.4, 0.5) is 11.5 Å². The number of pyridine rings is 1. The second kappa shape index (κ2) is 7.86. The molecular formula is C20H23N7O2. The fourth-order valence-corrected chi connectivity index (χ4v) is 3.22. The Kier molecular flexibility index (Phi) is 5.11. The number of anilines is 2. The van der Waals surface area contributed by atoms with Gasteiger partial charge in [-0.05, 0) is 23.6 Å². The van der Waals surface area contributed by atoms with E-state index in [1.165, 1.54) is 12.4 Å². The molecule has 29 heavy (non-hydrogen) atoms. The Bertz CT molecular complexity index is 997. The lowest BCUT2D eigenvalue weighted by molar-refractivity contribution is 0.102. The minimum atomic E-state index is -0.237. The molecule has 0 radical (unpaired) electrons. The van der Waals surface area contributed by atoms with Gasteiger partial charge in [-0.25, -0.2) is 0 Å². The number of nitrogens with zero attached hydrogens (tertiary/aromatic N) is 6. The number of hydrogen-bond acceptors (Lipinski definition) is 7. The monoisotopic (exact) mass is 393 g/mol. The summed E-state index contributed by atoms with van der Waals surface area (Å²) in [6, 6.07) is 3.72. The molecule has 0 aromatic carbocycles. The summed E-state index contributed by atoms with van der Waals surface area (Å²) < 4.78 is 7.76. The fraction of sp³-hybridized carbons (Fsp3) is 0.350. The van der Waals surface area contributed by atoms with Gasteiger partial charge in [-0.1, -0.05) is 13.8 Å². The number of ether oxygens (including phenoxy) is 1. The van der Waals surface area contributed by atoms with Crippen molar-refractivity contribution in [3.63, 3.8) is 0 Å². The van der Waals surface area contributed by atoms with Crippen LogP contribution in [0.5, 0.6) is 5.75 Å². The molecule has 0 spiro atoms. The number of carbonyl (C=O) groups excluding carboxylic acids is 1. The average molecular weight is 393 g/mol. The smallest absolute Gasteiger partial charge is 0.261 e. The van der Waals surface area contributed by atoms with E-state index in [-0.39, 0.29) is 12.0 Å². The Morgan fingerprint density at radius 3 is 2.76 bits per heavy atom. The largest absolute Gasteiger partial charge is 0.485 e. The van der Waals surface area contributed by atoms with E-state index in [0.29, 0.717) is 30.3 Å². The van der Waals surface area contributed by atoms with Crippen molar-refractivity contribution in [2.75, 3.05) is 23.3 Å². The Balaban J connectivity index is 1.41. The lowest BCUT2D eigenvalue weighted by Gasteiger charge is -2.40. The molecule has 9 heteroatoms. The van der Waals surface area contributed by atoms with E-state index in [2.05, 4.69) is 44.3 Å². The predicted molar refractivity (Wildman–Crippen MR) is 108 cm³/mol. The molecule has 4 heterocycles. The Morgan fingerprint density at radius 1 is 1.21 bits per heavy atom. The molecule has 0 saturated carbocycles. The van der Waals surface area contributed by atoms with Crippen LogP contribution in [0, 0.1) is 0 Å². The van der Waals surface area contributed by atoms with Crippen molar-refractivity contribution in [3.8, 4) is 5.75 Å². The van der Waals surface area contributed by atoms with Crippen molar-refractivity contribution in [1.29, 1.82) is 0 Å². The normalized spacial score (nSPS) is 14.0. The van der Waals surface area contributed by atoms with Crippen molar-refractivity contribution in [3.05, 3.63) is 54.2 Å². The molecule has 1 saturated heterocycles. The lowest BCUT2D eigenvalue weighted by atomic mass is 10.1. The molecule has 0 bridgehead atoms. The van der Waals surface area contributed by atoms with Crippen LogP contribution in [-0.4, -0.2) is 50.1 Å². The maximum Gasteiger partial charge on any atom is 0.261 e. The van der Waals surface area contributed by atoms with Crippen molar-refractivity contribution < 1.29 is 9.53 Å². The van der Waals surface area contributed by atoms with E-state index in [9.17, 15) is 4.79 Å². The van der Waals surface area contributed by atoms with Crippen molar-refractivity contribution in [2.24, 2.45) is 7.05 Å². The summed E-state index contributed by atoms with van der Waals surface area (Å²) in [5, 5.41) is 14.6. The third kappa shape index (κ3) is 4.03. The van der Waals surface area contributed by atoms with Crippen LogP contribution in [0.3, 0.4) is 0 Å². The van der Waals surface area contributed by atoms with Crippen LogP contribution < -0.4 is 15.0 Å². The number of aryl methyl sites for hydroxylation is 1. The molecule has 1 aliphatic rings. The predicted octanol–water partition coefficient (Wildman–Crippen LogP) is 2.25. The third-order valence-electron chi connectivity index (χ3n) is 4.85. The van der Waals surface area contributed by atoms with E-state index in [4.69, 9.17) is 4.74 Å². The van der Waals surface area contributed by atoms with Crippen LogP contribution in [0.1, 0.15) is 35.7 Å². The molecule has 0 unspecified atom stereocenters. The van der Waals surface area contributed by atoms with Crippen molar-refractivity contribution in [2.45, 2.75) is 25.9 Å². The highest BCUT2D eigenvalue weighted by atomic mass is 16.5. The summed E-state index contributed by atoms with van der Waals surface area (Å²) in [6.45, 7) is 5.59. The van der Waals surface area contributed by atoms with Gasteiger partial charge >= 0.3 is 0 Å². The van der Waals surface area contributed by atoms with Gasteiger partial charge in [0.25, 0.3) is 5.91 Å². The van der Waals surface area contributed by atoms with Crippen LogP contribution in [0.2, 0.25) is 0 Å². The van der Waals surface area contributed by atoms with Crippen LogP contribution >= 0.6 is 0 Å². The maximum atomic E-state index is 12.7. The van der Waals surface area contributed by atoms with Gasteiger partial charge < -0.3 is 15.0 Å². The zero-order chi connectivity index (χ0) is 20.4. The van der Waals surface area contributed by atoms with Gasteiger partial charge in [0.15, 0.2) is 0 Å². The van der Waals surface area contributed by atoms with E-state index >= 15 is 0 Å². The summed E-state index contributed by atoms with van der Waals surface area (Å²) in [4.78, 5) is 19.0. The number of amides is 1. The van der Waals surface area contributed by atoms with Gasteiger partial charge in [0.05, 0.1) is 43.6 Å². The Hall–Kier alpha value is -3.49. The van der Waals surface area contributed by atoms with Gasteiger partial charge in [0.1, 0.15) is 23.2 Å². The number of rotatable bonds is 6. The Labute approximate surface area is 168 Å². The first-order valence-corrected chi connectivity index (χ1v) is 9.48. The highest BCUT2D eigenvalue weighted by Crippen LogP contribution is 2.28. The minimum absolute atomic E-state index is 0.0365. The summed E-state index contributed by atoms with van der Waals surface area (Å²) in [5.74, 6) is 1.70. The number of hydrogen-bond donors (Lipinski definition) is 1. The van der Waals surface area contributed by atoms with Gasteiger partial charge in [-0.3, -0.25) is 14.5 Å². The molecule has 1 N–H and O–H groups in total. The quantitative estimate of drug-likeness (QED) is 0.686. The Morgan fingerprint density at radius 2 is 2.03 bits per heavy atom. The summed E-state index contributed by atoms with van der Waals surface area (Å²) in [7, 11) is 1.82. The van der Waals surface area contributed by atoms with Gasteiger partial charge in [-0.15, -0.1) is 0 Å². The first-order chi connectivity index (χ1) is 14.0. The maximum absolute atomic E-state index is 12.7. The highest BCUT2D eigenvalue weighted by Gasteiger charge is 2.33. The standard InChI is InChI=1S/C20H23N7O2/c1-13(2)14-6-16(9-21-7-14)29-17-11-27(12-17)20-18(10-24-26(20)3)19(28)25-15-4-5-22-23-8-15/h4-10,13,17H,11-12H2,1-3H3,(H,22,25,28). The van der Waals surface area contributed by atoms with Gasteiger partial charge in [0, 0.05) is 13.2 Å². The minimum Gasteiger partial charge on any atom is -0.485 e. The van der Waals surface area contributed by atoms with E-state index in [1.54, 1.807) is 23.1 Å². The summed E-state index contributed by atoms with van der Waals surface area (Å²) >= 11 is 0. The molecule has 1 amide bonds. The topological polar surface area (TPSA) is 98.1 Å². The first kappa shape index (κ1) is 18.9. The summed E-state index contributed by atoms with van der Waals surface area (Å²) in [6.07, 6.45) is 8.24. The number of carbonyl (C=O) groups is 1. The molecule has 1 fully saturated rings. The number of aromatic nitrogens is 5. The van der Waals surface area contributed by atoms with E-state index in [1.807, 2.05) is 19.3 Å². The van der Waals surface area contributed by atoms with Gasteiger partial charge in [-0.2, -0.15) is 15.3 Å². The van der Waals surface area contributed by atoms with Crippen LogP contribution in [0.15, 0.2) is 43.1 Å². The second-order valence-corrected chi connectivity index (χ2v) is 7.34. The molecule has 1 aliphatic heterocycles. The fourth-order valence-electron chi connectivity index (χ4n) is 3.22. The highest BCUT2D eigenvalue weighted by molar-refractivity contribution is 6.07.